The molecule has 0 N–H and O–H groups in total. The number of para-hydroxylation sites is 1. The van der Waals surface area contributed by atoms with E-state index < -0.39 is 22.0 Å². The Kier molecular flexibility index (Phi) is 2.82. The lowest BCUT2D eigenvalue weighted by Gasteiger charge is -2.22. The predicted molar refractivity (Wildman–Crippen MR) is 63.3 cm³/mol. The Morgan fingerprint density at radius 1 is 1.41 bits per heavy atom. The third-order valence-corrected chi connectivity index (χ3v) is 3.92. The predicted octanol–water partition coefficient (Wildman–Crippen LogP) is 0.550. The maximum Gasteiger partial charge on any atom is 0.330 e. The minimum Gasteiger partial charge on any atom is -0.467 e. The molecule has 1 aromatic rings. The highest BCUT2D eigenvalue weighted by atomic mass is 32.2. The van der Waals surface area contributed by atoms with Gasteiger partial charge in [-0.05, 0) is 11.6 Å². The molecule has 1 aliphatic heterocycles. The van der Waals surface area contributed by atoms with Crippen molar-refractivity contribution >= 4 is 21.7 Å². The number of carbonyl (C=O) groups is 1. The van der Waals surface area contributed by atoms with Crippen LogP contribution in [0.2, 0.25) is 0 Å². The van der Waals surface area contributed by atoms with Crippen LogP contribution in [0.5, 0.6) is 0 Å². The topological polar surface area (TPSA) is 63.7 Å². The van der Waals surface area contributed by atoms with Crippen molar-refractivity contribution in [2.24, 2.45) is 0 Å². The molecule has 0 unspecified atom stereocenters. The van der Waals surface area contributed by atoms with E-state index in [4.69, 9.17) is 0 Å². The molecule has 0 radical (unpaired) electrons. The number of hydrogen-bond donors (Lipinski definition) is 0. The summed E-state index contributed by atoms with van der Waals surface area (Å²) in [6.07, 6.45) is 1.45. The van der Waals surface area contributed by atoms with Crippen molar-refractivity contribution in [2.45, 2.75) is 12.5 Å². The monoisotopic (exact) mass is 255 g/mol. The molecule has 5 nitrogen and oxygen atoms in total. The van der Waals surface area contributed by atoms with Crippen LogP contribution in [0.1, 0.15) is 5.56 Å². The van der Waals surface area contributed by atoms with Gasteiger partial charge in [0.25, 0.3) is 0 Å². The van der Waals surface area contributed by atoms with Gasteiger partial charge in [-0.3, -0.25) is 4.31 Å². The fourth-order valence-corrected chi connectivity index (χ4v) is 3.24. The van der Waals surface area contributed by atoms with Crippen molar-refractivity contribution in [1.29, 1.82) is 0 Å². The van der Waals surface area contributed by atoms with Gasteiger partial charge < -0.3 is 4.74 Å². The number of rotatable bonds is 2. The van der Waals surface area contributed by atoms with Crippen LogP contribution in [0.4, 0.5) is 5.69 Å². The normalized spacial score (nSPS) is 18.9. The molecule has 92 valence electrons. The summed E-state index contributed by atoms with van der Waals surface area (Å²) in [6.45, 7) is 0. The minimum absolute atomic E-state index is 0.357. The van der Waals surface area contributed by atoms with Crippen LogP contribution < -0.4 is 4.31 Å². The molecule has 0 spiro atoms. The summed E-state index contributed by atoms with van der Waals surface area (Å²) in [6, 6.07) is 6.29. The first-order valence-electron chi connectivity index (χ1n) is 5.10. The van der Waals surface area contributed by atoms with Crippen LogP contribution in [0.3, 0.4) is 0 Å². The van der Waals surface area contributed by atoms with E-state index in [0.29, 0.717) is 12.1 Å². The van der Waals surface area contributed by atoms with Crippen molar-refractivity contribution in [2.75, 3.05) is 17.7 Å². The summed E-state index contributed by atoms with van der Waals surface area (Å²) in [5.74, 6) is -0.536. The Morgan fingerprint density at radius 2 is 2.06 bits per heavy atom. The summed E-state index contributed by atoms with van der Waals surface area (Å²) in [5, 5.41) is 0. The standard InChI is InChI=1S/C11H13NO4S/c1-16-11(13)10-7-8-5-3-4-6-9(8)12(10)17(2,14)15/h3-6,10H,7H2,1-2H3/t10-/m1/s1. The van der Waals surface area contributed by atoms with Crippen LogP contribution in [0, 0.1) is 0 Å². The smallest absolute Gasteiger partial charge is 0.330 e. The zero-order valence-corrected chi connectivity index (χ0v) is 10.4. The van der Waals surface area contributed by atoms with E-state index in [-0.39, 0.29) is 0 Å². The largest absolute Gasteiger partial charge is 0.467 e. The van der Waals surface area contributed by atoms with Crippen molar-refractivity contribution < 1.29 is 17.9 Å². The molecule has 0 saturated heterocycles. The average Bonchev–Trinajstić information content (AvgIpc) is 2.66. The number of fused-ring (bicyclic) bond motifs is 1. The fourth-order valence-electron chi connectivity index (χ4n) is 2.08. The number of nitrogens with zero attached hydrogens (tertiary/aromatic N) is 1. The van der Waals surface area contributed by atoms with Crippen LogP contribution >= 0.6 is 0 Å². The number of hydrogen-bond acceptors (Lipinski definition) is 4. The van der Waals surface area contributed by atoms with Crippen molar-refractivity contribution in [3.8, 4) is 0 Å². The maximum absolute atomic E-state index is 11.7. The number of benzene rings is 1. The lowest BCUT2D eigenvalue weighted by Crippen LogP contribution is -2.42. The zero-order valence-electron chi connectivity index (χ0n) is 9.58. The van der Waals surface area contributed by atoms with E-state index in [0.717, 1.165) is 16.1 Å². The molecule has 1 heterocycles. The second kappa shape index (κ2) is 4.03. The Balaban J connectivity index is 2.52. The van der Waals surface area contributed by atoms with E-state index in [9.17, 15) is 13.2 Å². The second-order valence-electron chi connectivity index (χ2n) is 3.93. The van der Waals surface area contributed by atoms with Gasteiger partial charge in [0, 0.05) is 6.42 Å². The SMILES string of the molecule is COC(=O)[C@H]1Cc2ccccc2N1S(C)(=O)=O. The maximum atomic E-state index is 11.7. The molecule has 0 fully saturated rings. The summed E-state index contributed by atoms with van der Waals surface area (Å²) in [5.41, 5.74) is 1.40. The number of anilines is 1. The molecule has 1 atom stereocenters. The highest BCUT2D eigenvalue weighted by Gasteiger charge is 2.40. The molecule has 1 aromatic carbocycles. The van der Waals surface area contributed by atoms with Crippen molar-refractivity contribution in [3.05, 3.63) is 29.8 Å². The summed E-state index contributed by atoms with van der Waals surface area (Å²) in [4.78, 5) is 11.6. The van der Waals surface area contributed by atoms with Gasteiger partial charge in [-0.1, -0.05) is 18.2 Å². The molecule has 1 aliphatic rings. The summed E-state index contributed by atoms with van der Waals surface area (Å²) >= 11 is 0. The molecule has 0 aliphatic carbocycles. The molecular formula is C11H13NO4S. The minimum atomic E-state index is -3.49. The fraction of sp³-hybridized carbons (Fsp3) is 0.364. The molecule has 2 rings (SSSR count). The van der Waals surface area contributed by atoms with E-state index >= 15 is 0 Å². The Bertz CT molecular complexity index is 552. The molecule has 0 aromatic heterocycles. The third kappa shape index (κ3) is 2.00. The Hall–Kier alpha value is -1.56. The van der Waals surface area contributed by atoms with Crippen LogP contribution in [-0.4, -0.2) is 33.8 Å². The van der Waals surface area contributed by atoms with E-state index in [1.807, 2.05) is 12.1 Å². The Labute approximate surface area is 100 Å². The molecule has 17 heavy (non-hydrogen) atoms. The number of methoxy groups -OCH3 is 1. The quantitative estimate of drug-likeness (QED) is 0.724. The van der Waals surface area contributed by atoms with Crippen LogP contribution in [-0.2, 0) is 26.0 Å². The van der Waals surface area contributed by atoms with Gasteiger partial charge >= 0.3 is 5.97 Å². The first kappa shape index (κ1) is 11.9. The third-order valence-electron chi connectivity index (χ3n) is 2.76. The first-order valence-corrected chi connectivity index (χ1v) is 6.95. The number of sulfonamides is 1. The van der Waals surface area contributed by atoms with Gasteiger partial charge in [0.1, 0.15) is 6.04 Å². The van der Waals surface area contributed by atoms with Crippen LogP contribution in [0.25, 0.3) is 0 Å². The van der Waals surface area contributed by atoms with Gasteiger partial charge in [-0.25, -0.2) is 13.2 Å². The lowest BCUT2D eigenvalue weighted by molar-refractivity contribution is -0.141. The molecule has 0 amide bonds. The summed E-state index contributed by atoms with van der Waals surface area (Å²) < 4.78 is 29.3. The second-order valence-corrected chi connectivity index (χ2v) is 5.79. The molecule has 6 heteroatoms. The van der Waals surface area contributed by atoms with Crippen molar-refractivity contribution in [1.82, 2.24) is 0 Å². The number of carbonyl (C=O) groups excluding carboxylic acids is 1. The highest BCUT2D eigenvalue weighted by molar-refractivity contribution is 7.92. The van der Waals surface area contributed by atoms with Gasteiger partial charge in [0.15, 0.2) is 0 Å². The van der Waals surface area contributed by atoms with Gasteiger partial charge in [0.05, 0.1) is 19.1 Å². The number of ether oxygens (including phenoxy) is 1. The van der Waals surface area contributed by atoms with Gasteiger partial charge in [-0.15, -0.1) is 0 Å². The van der Waals surface area contributed by atoms with Crippen molar-refractivity contribution in [3.63, 3.8) is 0 Å². The average molecular weight is 255 g/mol. The number of esters is 1. The van der Waals surface area contributed by atoms with Crippen LogP contribution in [0.15, 0.2) is 24.3 Å². The first-order chi connectivity index (χ1) is 7.95. The Morgan fingerprint density at radius 3 is 2.65 bits per heavy atom. The van der Waals surface area contributed by atoms with E-state index in [2.05, 4.69) is 4.74 Å². The molecular weight excluding hydrogens is 242 g/mol. The summed E-state index contributed by atoms with van der Waals surface area (Å²) in [7, 11) is -2.23. The molecule has 0 bridgehead atoms. The highest BCUT2D eigenvalue weighted by Crippen LogP contribution is 2.34. The van der Waals surface area contributed by atoms with E-state index in [1.165, 1.54) is 7.11 Å². The van der Waals surface area contributed by atoms with Gasteiger partial charge in [0.2, 0.25) is 10.0 Å². The lowest BCUT2D eigenvalue weighted by atomic mass is 10.1. The van der Waals surface area contributed by atoms with E-state index in [1.54, 1.807) is 12.1 Å². The van der Waals surface area contributed by atoms with Gasteiger partial charge in [-0.2, -0.15) is 0 Å². The zero-order chi connectivity index (χ0) is 12.6. The molecule has 0 saturated carbocycles.